The first-order valence-electron chi connectivity index (χ1n) is 7.39. The molecule has 0 bridgehead atoms. The monoisotopic (exact) mass is 356 g/mol. The molecular formula is C14H18N3O6S-. The highest BCUT2D eigenvalue weighted by Gasteiger charge is 2.54. The Balaban J connectivity index is 1.85. The maximum atomic E-state index is 12.1. The zero-order valence-electron chi connectivity index (χ0n) is 12.9. The fourth-order valence-corrected chi connectivity index (χ4v) is 4.00. The predicted molar refractivity (Wildman–Crippen MR) is 78.5 cm³/mol. The Morgan fingerprint density at radius 2 is 2.08 bits per heavy atom. The highest BCUT2D eigenvalue weighted by molar-refractivity contribution is 8.00. The second-order valence-electron chi connectivity index (χ2n) is 5.78. The lowest BCUT2D eigenvalue weighted by molar-refractivity contribution is -0.438. The van der Waals surface area contributed by atoms with E-state index in [-0.39, 0.29) is 12.8 Å². The number of nitrogens with one attached hydrogen (secondary N) is 1. The molecule has 2 amide bonds. The lowest BCUT2D eigenvalue weighted by Crippen LogP contribution is -2.75. The number of thioether (sulfide) groups is 1. The zero-order valence-corrected chi connectivity index (χ0v) is 13.7. The van der Waals surface area contributed by atoms with Crippen LogP contribution in [-0.2, 0) is 19.2 Å². The van der Waals surface area contributed by atoms with Gasteiger partial charge in [-0.25, -0.2) is 0 Å². The highest BCUT2D eigenvalue weighted by Crippen LogP contribution is 2.39. The minimum absolute atomic E-state index is 0.0527. The largest absolute Gasteiger partial charge is 0.548 e. The van der Waals surface area contributed by atoms with Gasteiger partial charge in [0, 0.05) is 18.6 Å². The number of rotatable bonds is 7. The van der Waals surface area contributed by atoms with E-state index in [1.165, 1.54) is 16.7 Å². The van der Waals surface area contributed by atoms with Crippen LogP contribution in [0.4, 0.5) is 0 Å². The summed E-state index contributed by atoms with van der Waals surface area (Å²) in [5, 5.41) is 23.8. The maximum Gasteiger partial charge on any atom is 0.250 e. The number of carbonyl (C=O) groups excluding carboxylic acids is 4. The molecule has 0 spiro atoms. The van der Waals surface area contributed by atoms with E-state index in [1.54, 1.807) is 0 Å². The molecule has 0 aliphatic carbocycles. The van der Waals surface area contributed by atoms with Crippen molar-refractivity contribution < 1.29 is 35.1 Å². The molecular weight excluding hydrogens is 338 g/mol. The molecule has 2 heterocycles. The van der Waals surface area contributed by atoms with Crippen LogP contribution in [0.5, 0.6) is 0 Å². The number of fused-ring (bicyclic) bond motifs is 1. The average Bonchev–Trinajstić information content (AvgIpc) is 2.51. The molecule has 10 heteroatoms. The Labute approximate surface area is 142 Å². The molecule has 0 saturated carbocycles. The van der Waals surface area contributed by atoms with Gasteiger partial charge in [-0.2, -0.15) is 0 Å². The van der Waals surface area contributed by atoms with Crippen LogP contribution in [0.3, 0.4) is 0 Å². The van der Waals surface area contributed by atoms with Crippen molar-refractivity contribution in [1.82, 2.24) is 10.2 Å². The van der Waals surface area contributed by atoms with Gasteiger partial charge in [0.1, 0.15) is 17.5 Å². The number of nitrogens with zero attached hydrogens (tertiary/aromatic N) is 1. The smallest absolute Gasteiger partial charge is 0.250 e. The van der Waals surface area contributed by atoms with Crippen molar-refractivity contribution in [3.05, 3.63) is 12.2 Å². The Kier molecular flexibility index (Phi) is 5.50. The molecule has 9 nitrogen and oxygen atoms in total. The molecule has 4 atom stereocenters. The first-order valence-corrected chi connectivity index (χ1v) is 8.44. The van der Waals surface area contributed by atoms with Crippen molar-refractivity contribution in [3.8, 4) is 0 Å². The Hall–Kier alpha value is -2.07. The number of carboxylic acid groups (broad SMARTS) is 2. The van der Waals surface area contributed by atoms with E-state index < -0.39 is 47.3 Å². The van der Waals surface area contributed by atoms with Gasteiger partial charge in [-0.1, -0.05) is 6.58 Å². The number of quaternary nitrogens is 1. The number of carbonyl (C=O) groups is 4. The first kappa shape index (κ1) is 18.3. The number of hydrogen-bond acceptors (Lipinski definition) is 7. The molecule has 2 unspecified atom stereocenters. The molecule has 0 aromatic carbocycles. The summed E-state index contributed by atoms with van der Waals surface area (Å²) in [6.45, 7) is 3.65. The van der Waals surface area contributed by atoms with Crippen molar-refractivity contribution in [2.75, 3.05) is 5.75 Å². The second kappa shape index (κ2) is 7.22. The van der Waals surface area contributed by atoms with Crippen LogP contribution < -0.4 is 21.3 Å². The van der Waals surface area contributed by atoms with Crippen molar-refractivity contribution in [2.24, 2.45) is 0 Å². The summed E-state index contributed by atoms with van der Waals surface area (Å²) in [6.07, 6.45) is 0.553. The molecule has 24 heavy (non-hydrogen) atoms. The SMILES string of the molecule is C=C1CSC2[C@H](NC(=O)CCC[C@@H]([NH3+])C(=O)[O-])C(=O)N2C1C(=O)[O-]. The Bertz CT molecular complexity index is 595. The highest BCUT2D eigenvalue weighted by atomic mass is 32.2. The van der Waals surface area contributed by atoms with E-state index in [0.717, 1.165) is 0 Å². The van der Waals surface area contributed by atoms with Gasteiger partial charge in [-0.3, -0.25) is 9.59 Å². The fraction of sp³-hybridized carbons (Fsp3) is 0.571. The summed E-state index contributed by atoms with van der Waals surface area (Å²) in [7, 11) is 0. The van der Waals surface area contributed by atoms with Crippen LogP contribution in [0.15, 0.2) is 12.2 Å². The summed E-state index contributed by atoms with van der Waals surface area (Å²) in [5.74, 6) is -3.16. The zero-order chi connectivity index (χ0) is 18.0. The van der Waals surface area contributed by atoms with Crippen molar-refractivity contribution >= 4 is 35.5 Å². The van der Waals surface area contributed by atoms with Crippen LogP contribution in [0.2, 0.25) is 0 Å². The minimum Gasteiger partial charge on any atom is -0.548 e. The van der Waals surface area contributed by atoms with Gasteiger partial charge < -0.3 is 35.8 Å². The van der Waals surface area contributed by atoms with Gasteiger partial charge in [-0.05, 0) is 12.0 Å². The van der Waals surface area contributed by atoms with Gasteiger partial charge in [0.05, 0.1) is 18.0 Å². The average molecular weight is 356 g/mol. The summed E-state index contributed by atoms with van der Waals surface area (Å²) in [4.78, 5) is 46.9. The molecule has 0 aromatic rings. The van der Waals surface area contributed by atoms with Gasteiger partial charge in [-0.15, -0.1) is 11.8 Å². The van der Waals surface area contributed by atoms with Crippen LogP contribution in [0, 0.1) is 0 Å². The van der Waals surface area contributed by atoms with Gasteiger partial charge >= 0.3 is 0 Å². The van der Waals surface area contributed by atoms with Crippen molar-refractivity contribution in [1.29, 1.82) is 0 Å². The molecule has 0 aromatic heterocycles. The third-order valence-corrected chi connectivity index (χ3v) is 5.39. The summed E-state index contributed by atoms with van der Waals surface area (Å²) < 4.78 is 0. The maximum absolute atomic E-state index is 12.1. The summed E-state index contributed by atoms with van der Waals surface area (Å²) >= 11 is 1.33. The Morgan fingerprint density at radius 3 is 2.67 bits per heavy atom. The molecule has 132 valence electrons. The van der Waals surface area contributed by atoms with E-state index in [2.05, 4.69) is 17.6 Å². The van der Waals surface area contributed by atoms with Gasteiger partial charge in [0.25, 0.3) is 0 Å². The van der Waals surface area contributed by atoms with Crippen LogP contribution in [0.1, 0.15) is 19.3 Å². The lowest BCUT2D eigenvalue weighted by atomic mass is 9.98. The topological polar surface area (TPSA) is 157 Å². The quantitative estimate of drug-likeness (QED) is 0.344. The third kappa shape index (κ3) is 3.54. The first-order chi connectivity index (χ1) is 11.2. The van der Waals surface area contributed by atoms with Crippen LogP contribution in [-0.4, -0.2) is 57.9 Å². The van der Waals surface area contributed by atoms with Crippen LogP contribution >= 0.6 is 11.8 Å². The number of β-lactam (4-membered cyclic amide) rings is 1. The molecule has 4 N–H and O–H groups in total. The Morgan fingerprint density at radius 1 is 1.42 bits per heavy atom. The second-order valence-corrected chi connectivity index (χ2v) is 6.89. The molecule has 0 radical (unpaired) electrons. The third-order valence-electron chi connectivity index (χ3n) is 4.01. The predicted octanol–water partition coefficient (Wildman–Crippen LogP) is -4.41. The fourth-order valence-electron chi connectivity index (χ4n) is 2.69. The number of aliphatic carboxylic acids is 2. The van der Waals surface area contributed by atoms with E-state index >= 15 is 0 Å². The van der Waals surface area contributed by atoms with E-state index in [9.17, 15) is 29.4 Å². The number of amides is 2. The van der Waals surface area contributed by atoms with Crippen LogP contribution in [0.25, 0.3) is 0 Å². The summed E-state index contributed by atoms with van der Waals surface area (Å²) in [5.41, 5.74) is 3.78. The number of hydrogen-bond donors (Lipinski definition) is 2. The molecule has 2 aliphatic heterocycles. The van der Waals surface area contributed by atoms with Gasteiger partial charge in [0.2, 0.25) is 11.8 Å². The van der Waals surface area contributed by atoms with Gasteiger partial charge in [0.15, 0.2) is 0 Å². The van der Waals surface area contributed by atoms with E-state index in [0.29, 0.717) is 17.7 Å². The summed E-state index contributed by atoms with van der Waals surface area (Å²) in [6, 6.07) is -2.83. The lowest BCUT2D eigenvalue weighted by Gasteiger charge is -2.54. The van der Waals surface area contributed by atoms with E-state index in [1.807, 2.05) is 0 Å². The molecule has 2 aliphatic rings. The van der Waals surface area contributed by atoms with Crippen molar-refractivity contribution in [2.45, 2.75) is 42.8 Å². The standard InChI is InChI=1S/C14H19N3O6S/c1-6-5-24-12-9(11(19)17(12)10(6)14(22)23)16-8(18)4-2-3-7(15)13(20)21/h7,9-10,12H,1-5,15H2,(H,16,18)(H,20,21)(H,22,23)/p-1/t7-,9-,10?,12?/m1/s1. The molecule has 2 fully saturated rings. The van der Waals surface area contributed by atoms with E-state index in [4.69, 9.17) is 0 Å². The minimum atomic E-state index is -1.38. The molecule has 2 rings (SSSR count). The van der Waals surface area contributed by atoms with Crippen molar-refractivity contribution in [3.63, 3.8) is 0 Å². The normalized spacial score (nSPS) is 27.0. The molecule has 2 saturated heterocycles. The number of carboxylic acids is 2.